The zero-order valence-electron chi connectivity index (χ0n) is 8.70. The quantitative estimate of drug-likeness (QED) is 0.799. The molecule has 1 heterocycles. The molecule has 0 aliphatic heterocycles. The maximum Gasteiger partial charge on any atom is 0.174 e. The van der Waals surface area contributed by atoms with Crippen LogP contribution in [0.1, 0.15) is 5.69 Å². The molecular formula is C12H9ClN2O. The molecule has 16 heavy (non-hydrogen) atoms. The third-order valence-corrected chi connectivity index (χ3v) is 2.39. The predicted octanol–water partition coefficient (Wildman–Crippen LogP) is 3.10. The molecule has 1 aromatic carbocycles. The molecule has 0 atom stereocenters. The van der Waals surface area contributed by atoms with E-state index in [9.17, 15) is 0 Å². The van der Waals surface area contributed by atoms with Crippen LogP contribution in [0.25, 0.3) is 10.9 Å². The van der Waals surface area contributed by atoms with E-state index in [2.05, 4.69) is 4.98 Å². The third-order valence-electron chi connectivity index (χ3n) is 2.15. The van der Waals surface area contributed by atoms with Gasteiger partial charge in [0.1, 0.15) is 11.8 Å². The Morgan fingerprint density at radius 1 is 1.44 bits per heavy atom. The summed E-state index contributed by atoms with van der Waals surface area (Å²) >= 11 is 5.89. The summed E-state index contributed by atoms with van der Waals surface area (Å²) < 4.78 is 5.34. The summed E-state index contributed by atoms with van der Waals surface area (Å²) in [6, 6.07) is 9.16. The fourth-order valence-corrected chi connectivity index (χ4v) is 1.69. The van der Waals surface area contributed by atoms with Crippen LogP contribution in [0, 0.1) is 18.3 Å². The van der Waals surface area contributed by atoms with Gasteiger partial charge in [-0.05, 0) is 25.1 Å². The van der Waals surface area contributed by atoms with Gasteiger partial charge in [0.15, 0.2) is 6.61 Å². The van der Waals surface area contributed by atoms with Crippen LogP contribution in [-0.2, 0) is 0 Å². The van der Waals surface area contributed by atoms with Gasteiger partial charge in [-0.15, -0.1) is 0 Å². The number of fused-ring (bicyclic) bond motifs is 1. The van der Waals surface area contributed by atoms with Crippen LogP contribution in [0.5, 0.6) is 5.75 Å². The largest absolute Gasteiger partial charge is 0.478 e. The molecule has 0 aliphatic carbocycles. The molecule has 0 unspecified atom stereocenters. The minimum absolute atomic E-state index is 0.0289. The van der Waals surface area contributed by atoms with Crippen molar-refractivity contribution in [1.82, 2.24) is 4.98 Å². The first-order chi connectivity index (χ1) is 7.70. The highest BCUT2D eigenvalue weighted by Crippen LogP contribution is 2.27. The van der Waals surface area contributed by atoms with Gasteiger partial charge in [-0.3, -0.25) is 4.98 Å². The number of rotatable bonds is 2. The summed E-state index contributed by atoms with van der Waals surface area (Å²) in [5.74, 6) is 0.667. The number of ether oxygens (including phenoxy) is 1. The summed E-state index contributed by atoms with van der Waals surface area (Å²) in [6.07, 6.45) is 0. The van der Waals surface area contributed by atoms with Crippen LogP contribution in [0.15, 0.2) is 24.3 Å². The van der Waals surface area contributed by atoms with Crippen LogP contribution >= 0.6 is 11.6 Å². The molecule has 0 radical (unpaired) electrons. The van der Waals surface area contributed by atoms with E-state index in [0.717, 1.165) is 16.6 Å². The van der Waals surface area contributed by atoms with Gasteiger partial charge in [0.05, 0.1) is 5.52 Å². The van der Waals surface area contributed by atoms with Gasteiger partial charge >= 0.3 is 0 Å². The Hall–Kier alpha value is -1.79. The molecule has 0 fully saturated rings. The maximum atomic E-state index is 8.50. The summed E-state index contributed by atoms with van der Waals surface area (Å²) in [6.45, 7) is 1.90. The smallest absolute Gasteiger partial charge is 0.174 e. The van der Waals surface area contributed by atoms with Crippen molar-refractivity contribution in [3.63, 3.8) is 0 Å². The molecule has 1 aromatic heterocycles. The number of aryl methyl sites for hydroxylation is 1. The zero-order valence-corrected chi connectivity index (χ0v) is 9.45. The highest BCUT2D eigenvalue weighted by atomic mass is 35.5. The van der Waals surface area contributed by atoms with E-state index in [-0.39, 0.29) is 6.61 Å². The van der Waals surface area contributed by atoms with E-state index >= 15 is 0 Å². The summed E-state index contributed by atoms with van der Waals surface area (Å²) in [4.78, 5) is 4.36. The van der Waals surface area contributed by atoms with Gasteiger partial charge in [0.2, 0.25) is 0 Å². The molecule has 3 nitrogen and oxygen atoms in total. The number of hydrogen-bond acceptors (Lipinski definition) is 3. The van der Waals surface area contributed by atoms with Gasteiger partial charge in [-0.2, -0.15) is 5.26 Å². The number of benzene rings is 1. The molecule has 80 valence electrons. The first kappa shape index (κ1) is 10.7. The standard InChI is InChI=1S/C12H9ClN2O/c1-8-6-12(16-5-4-14)10-3-2-9(13)7-11(10)15-8/h2-3,6-7H,5H2,1H3. The van der Waals surface area contributed by atoms with Gasteiger partial charge < -0.3 is 4.74 Å². The first-order valence-electron chi connectivity index (χ1n) is 4.77. The molecular weight excluding hydrogens is 224 g/mol. The minimum Gasteiger partial charge on any atom is -0.478 e. The fraction of sp³-hybridized carbons (Fsp3) is 0.167. The topological polar surface area (TPSA) is 45.9 Å². The number of aromatic nitrogens is 1. The highest BCUT2D eigenvalue weighted by molar-refractivity contribution is 6.31. The van der Waals surface area contributed by atoms with Crippen LogP contribution in [0.2, 0.25) is 5.02 Å². The fourth-order valence-electron chi connectivity index (χ4n) is 1.52. The van der Waals surface area contributed by atoms with Crippen LogP contribution < -0.4 is 4.74 Å². The second-order valence-electron chi connectivity index (χ2n) is 3.37. The van der Waals surface area contributed by atoms with Crippen molar-refractivity contribution in [1.29, 1.82) is 5.26 Å². The van der Waals surface area contributed by atoms with Crippen molar-refractivity contribution < 1.29 is 4.74 Å². The lowest BCUT2D eigenvalue weighted by Crippen LogP contribution is -1.96. The summed E-state index contributed by atoms with van der Waals surface area (Å²) in [7, 11) is 0. The number of pyridine rings is 1. The van der Waals surface area contributed by atoms with E-state index in [1.165, 1.54) is 0 Å². The van der Waals surface area contributed by atoms with E-state index in [0.29, 0.717) is 10.8 Å². The average Bonchev–Trinajstić information content (AvgIpc) is 2.25. The molecule has 0 saturated carbocycles. The Morgan fingerprint density at radius 2 is 2.25 bits per heavy atom. The predicted molar refractivity (Wildman–Crippen MR) is 62.6 cm³/mol. The number of nitrogens with zero attached hydrogens (tertiary/aromatic N) is 2. The number of halogens is 1. The lowest BCUT2D eigenvalue weighted by atomic mass is 10.2. The van der Waals surface area contributed by atoms with Gasteiger partial charge in [-0.1, -0.05) is 11.6 Å². The summed E-state index contributed by atoms with van der Waals surface area (Å²) in [5.41, 5.74) is 1.61. The van der Waals surface area contributed by atoms with Crippen molar-refractivity contribution in [2.45, 2.75) is 6.92 Å². The van der Waals surface area contributed by atoms with Gasteiger partial charge in [0, 0.05) is 22.2 Å². The highest BCUT2D eigenvalue weighted by Gasteiger charge is 2.05. The Balaban J connectivity index is 2.59. The Bertz CT molecular complexity index is 570. The molecule has 2 rings (SSSR count). The molecule has 0 saturated heterocycles. The van der Waals surface area contributed by atoms with Crippen LogP contribution in [-0.4, -0.2) is 11.6 Å². The summed E-state index contributed by atoms with van der Waals surface area (Å²) in [5, 5.41) is 10.0. The van der Waals surface area contributed by atoms with E-state index in [1.807, 2.05) is 25.1 Å². The van der Waals surface area contributed by atoms with Gasteiger partial charge in [-0.25, -0.2) is 0 Å². The third kappa shape index (κ3) is 2.07. The zero-order chi connectivity index (χ0) is 11.5. The Labute approximate surface area is 98.2 Å². The maximum absolute atomic E-state index is 8.50. The van der Waals surface area contributed by atoms with Crippen molar-refractivity contribution in [3.8, 4) is 11.8 Å². The Kier molecular flexibility index (Phi) is 2.93. The van der Waals surface area contributed by atoms with E-state index in [1.54, 1.807) is 12.1 Å². The normalized spacial score (nSPS) is 10.1. The van der Waals surface area contributed by atoms with Gasteiger partial charge in [0.25, 0.3) is 0 Å². The van der Waals surface area contributed by atoms with Crippen molar-refractivity contribution in [2.75, 3.05) is 6.61 Å². The molecule has 0 aliphatic rings. The monoisotopic (exact) mass is 232 g/mol. The molecule has 0 N–H and O–H groups in total. The molecule has 0 spiro atoms. The Morgan fingerprint density at radius 3 is 3.00 bits per heavy atom. The lowest BCUT2D eigenvalue weighted by Gasteiger charge is -2.07. The SMILES string of the molecule is Cc1cc(OCC#N)c2ccc(Cl)cc2n1. The minimum atomic E-state index is 0.0289. The second-order valence-corrected chi connectivity index (χ2v) is 3.81. The molecule has 0 amide bonds. The average molecular weight is 233 g/mol. The van der Waals surface area contributed by atoms with E-state index < -0.39 is 0 Å². The van der Waals surface area contributed by atoms with Crippen molar-refractivity contribution in [2.24, 2.45) is 0 Å². The van der Waals surface area contributed by atoms with Crippen LogP contribution in [0.4, 0.5) is 0 Å². The molecule has 2 aromatic rings. The van der Waals surface area contributed by atoms with Crippen molar-refractivity contribution >= 4 is 22.5 Å². The lowest BCUT2D eigenvalue weighted by molar-refractivity contribution is 0.372. The molecule has 4 heteroatoms. The van der Waals surface area contributed by atoms with Crippen LogP contribution in [0.3, 0.4) is 0 Å². The number of nitriles is 1. The number of hydrogen-bond donors (Lipinski definition) is 0. The first-order valence-corrected chi connectivity index (χ1v) is 5.15. The van der Waals surface area contributed by atoms with E-state index in [4.69, 9.17) is 21.6 Å². The van der Waals surface area contributed by atoms with Crippen molar-refractivity contribution in [3.05, 3.63) is 35.0 Å². The second kappa shape index (κ2) is 4.38. The molecule has 0 bridgehead atoms.